The number of benzene rings is 2. The molecule has 6 heteroatoms. The Bertz CT molecular complexity index is 1220. The van der Waals surface area contributed by atoms with E-state index >= 15 is 0 Å². The largest absolute Gasteiger partial charge is 0.493 e. The highest BCUT2D eigenvalue weighted by Gasteiger charge is 2.64. The molecule has 1 saturated carbocycles. The molecule has 0 unspecified atom stereocenters. The van der Waals surface area contributed by atoms with Gasteiger partial charge in [0.2, 0.25) is 5.91 Å². The van der Waals surface area contributed by atoms with Crippen molar-refractivity contribution in [1.29, 1.82) is 0 Å². The van der Waals surface area contributed by atoms with E-state index in [0.717, 1.165) is 47.9 Å². The van der Waals surface area contributed by atoms with Gasteiger partial charge in [-0.1, -0.05) is 42.4 Å². The van der Waals surface area contributed by atoms with Gasteiger partial charge in [-0.15, -0.1) is 0 Å². The lowest BCUT2D eigenvalue weighted by Crippen LogP contribution is -2.49. The first-order valence-corrected chi connectivity index (χ1v) is 11.6. The Morgan fingerprint density at radius 3 is 2.61 bits per heavy atom. The standard InChI is InChI=1S/C27H28N2O4/c1-16-15-27-19-12-24(32-3)23(31-2)11-18(19)9-10-29(27)25(30)13-20(27)26(16)21-14-22(33-28-21)17-7-5-4-6-8-17/h4-8,11-12,14,16,20,26H,9-10,13,15H2,1-3H3/t16-,20-,26+,27-/m0/s1. The van der Waals surface area contributed by atoms with Gasteiger partial charge in [-0.05, 0) is 42.0 Å². The fourth-order valence-corrected chi connectivity index (χ4v) is 6.81. The predicted octanol–water partition coefficient (Wildman–Crippen LogP) is 4.78. The minimum Gasteiger partial charge on any atom is -0.493 e. The Hall–Kier alpha value is -3.28. The number of amides is 1. The fourth-order valence-electron chi connectivity index (χ4n) is 6.81. The summed E-state index contributed by atoms with van der Waals surface area (Å²) in [6, 6.07) is 16.3. The van der Waals surface area contributed by atoms with Crippen LogP contribution in [0.2, 0.25) is 0 Å². The second-order valence-corrected chi connectivity index (χ2v) is 9.58. The molecule has 6 rings (SSSR count). The van der Waals surface area contributed by atoms with E-state index in [1.165, 1.54) is 11.1 Å². The Morgan fingerprint density at radius 1 is 1.09 bits per heavy atom. The third kappa shape index (κ3) is 2.79. The van der Waals surface area contributed by atoms with Crippen molar-refractivity contribution in [2.45, 2.75) is 37.6 Å². The summed E-state index contributed by atoms with van der Waals surface area (Å²) < 4.78 is 17.0. The van der Waals surface area contributed by atoms with Gasteiger partial charge in [-0.3, -0.25) is 4.79 Å². The molecule has 170 valence electrons. The zero-order valence-electron chi connectivity index (χ0n) is 19.2. The number of carbonyl (C=O) groups is 1. The van der Waals surface area contributed by atoms with E-state index in [4.69, 9.17) is 14.0 Å². The van der Waals surface area contributed by atoms with E-state index in [2.05, 4.69) is 35.2 Å². The van der Waals surface area contributed by atoms with Gasteiger partial charge in [0.1, 0.15) is 0 Å². The zero-order valence-corrected chi connectivity index (χ0v) is 19.2. The molecule has 0 N–H and O–H groups in total. The maximum absolute atomic E-state index is 13.2. The lowest BCUT2D eigenvalue weighted by atomic mass is 9.73. The zero-order chi connectivity index (χ0) is 22.7. The third-order valence-electron chi connectivity index (χ3n) is 8.08. The maximum Gasteiger partial charge on any atom is 0.223 e. The van der Waals surface area contributed by atoms with Crippen LogP contribution < -0.4 is 9.47 Å². The van der Waals surface area contributed by atoms with Gasteiger partial charge < -0.3 is 18.9 Å². The summed E-state index contributed by atoms with van der Waals surface area (Å²) in [5.41, 5.74) is 4.09. The topological polar surface area (TPSA) is 64.8 Å². The lowest BCUT2D eigenvalue weighted by molar-refractivity contribution is -0.132. The normalized spacial score (nSPS) is 27.8. The first-order valence-electron chi connectivity index (χ1n) is 11.6. The molecule has 1 amide bonds. The number of methoxy groups -OCH3 is 2. The Labute approximate surface area is 193 Å². The van der Waals surface area contributed by atoms with Crippen molar-refractivity contribution in [2.24, 2.45) is 11.8 Å². The molecule has 33 heavy (non-hydrogen) atoms. The highest BCUT2D eigenvalue weighted by atomic mass is 16.5. The van der Waals surface area contributed by atoms with Crippen LogP contribution in [0.15, 0.2) is 53.1 Å². The summed E-state index contributed by atoms with van der Waals surface area (Å²) in [6.45, 7) is 3.03. The molecule has 1 aromatic heterocycles. The summed E-state index contributed by atoms with van der Waals surface area (Å²) in [5, 5.41) is 4.51. The Kier molecular flexibility index (Phi) is 4.54. The number of hydrogen-bond acceptors (Lipinski definition) is 5. The van der Waals surface area contributed by atoms with Crippen LogP contribution in [0, 0.1) is 11.8 Å². The Morgan fingerprint density at radius 2 is 1.85 bits per heavy atom. The lowest BCUT2D eigenvalue weighted by Gasteiger charge is -2.45. The number of nitrogens with zero attached hydrogens (tertiary/aromatic N) is 2. The van der Waals surface area contributed by atoms with Gasteiger partial charge in [-0.2, -0.15) is 0 Å². The van der Waals surface area contributed by atoms with Crippen LogP contribution in [0.3, 0.4) is 0 Å². The molecule has 3 aromatic rings. The van der Waals surface area contributed by atoms with Crippen molar-refractivity contribution in [1.82, 2.24) is 10.1 Å². The molecule has 0 bridgehead atoms. The van der Waals surface area contributed by atoms with Crippen LogP contribution in [-0.4, -0.2) is 36.7 Å². The number of fused-ring (bicyclic) bond motifs is 1. The summed E-state index contributed by atoms with van der Waals surface area (Å²) in [4.78, 5) is 15.4. The van der Waals surface area contributed by atoms with Gasteiger partial charge >= 0.3 is 0 Å². The van der Waals surface area contributed by atoms with Crippen LogP contribution >= 0.6 is 0 Å². The monoisotopic (exact) mass is 444 g/mol. The van der Waals surface area contributed by atoms with E-state index in [-0.39, 0.29) is 23.3 Å². The van der Waals surface area contributed by atoms with E-state index in [1.54, 1.807) is 14.2 Å². The van der Waals surface area contributed by atoms with Gasteiger partial charge in [0, 0.05) is 36.4 Å². The minimum absolute atomic E-state index is 0.144. The predicted molar refractivity (Wildman–Crippen MR) is 123 cm³/mol. The number of ether oxygens (including phenoxy) is 2. The Balaban J connectivity index is 1.46. The SMILES string of the molecule is COc1cc2c(cc1OC)[C@@]13C[C@H](C)[C@@H](c4cc(-c5ccccc5)on4)[C@@H]1CC(=O)N3CC2. The first-order chi connectivity index (χ1) is 16.1. The summed E-state index contributed by atoms with van der Waals surface area (Å²) in [7, 11) is 3.34. The first kappa shape index (κ1) is 20.3. The van der Waals surface area contributed by atoms with Crippen LogP contribution in [0.5, 0.6) is 11.5 Å². The summed E-state index contributed by atoms with van der Waals surface area (Å²) in [5.74, 6) is 3.13. The van der Waals surface area contributed by atoms with Gasteiger partial charge in [0.15, 0.2) is 17.3 Å². The molecule has 6 nitrogen and oxygen atoms in total. The van der Waals surface area contributed by atoms with Crippen molar-refractivity contribution >= 4 is 5.91 Å². The van der Waals surface area contributed by atoms with E-state index in [1.807, 2.05) is 30.3 Å². The van der Waals surface area contributed by atoms with Crippen LogP contribution in [0.1, 0.15) is 42.5 Å². The molecule has 3 heterocycles. The van der Waals surface area contributed by atoms with E-state index in [0.29, 0.717) is 12.3 Å². The third-order valence-corrected chi connectivity index (χ3v) is 8.08. The number of carbonyl (C=O) groups excluding carboxylic acids is 1. The fraction of sp³-hybridized carbons (Fsp3) is 0.407. The molecule has 1 spiro atoms. The van der Waals surface area contributed by atoms with E-state index in [9.17, 15) is 4.79 Å². The molecule has 4 atom stereocenters. The summed E-state index contributed by atoms with van der Waals surface area (Å²) >= 11 is 0. The number of aromatic nitrogens is 1. The van der Waals surface area contributed by atoms with Crippen molar-refractivity contribution < 1.29 is 18.8 Å². The molecule has 0 radical (unpaired) electrons. The van der Waals surface area contributed by atoms with Crippen molar-refractivity contribution in [3.8, 4) is 22.8 Å². The van der Waals surface area contributed by atoms with Crippen molar-refractivity contribution in [3.63, 3.8) is 0 Å². The molecule has 1 aliphatic carbocycles. The van der Waals surface area contributed by atoms with Gasteiger partial charge in [0.05, 0.1) is 25.5 Å². The number of rotatable bonds is 4. The van der Waals surface area contributed by atoms with Gasteiger partial charge in [-0.25, -0.2) is 0 Å². The molecule has 3 aliphatic rings. The second kappa shape index (κ2) is 7.37. The second-order valence-electron chi connectivity index (χ2n) is 9.58. The van der Waals surface area contributed by atoms with Crippen molar-refractivity contribution in [2.75, 3.05) is 20.8 Å². The molecule has 2 aliphatic heterocycles. The molecule has 2 fully saturated rings. The highest BCUT2D eigenvalue weighted by Crippen LogP contribution is 2.64. The molecular formula is C27H28N2O4. The molecular weight excluding hydrogens is 416 g/mol. The quantitative estimate of drug-likeness (QED) is 0.579. The average Bonchev–Trinajstić information content (AvgIpc) is 3.49. The molecule has 1 saturated heterocycles. The maximum atomic E-state index is 13.2. The average molecular weight is 445 g/mol. The van der Waals surface area contributed by atoms with Crippen molar-refractivity contribution in [3.05, 3.63) is 65.4 Å². The van der Waals surface area contributed by atoms with Crippen LogP contribution in [0.4, 0.5) is 0 Å². The van der Waals surface area contributed by atoms with Gasteiger partial charge in [0.25, 0.3) is 0 Å². The number of hydrogen-bond donors (Lipinski definition) is 0. The smallest absolute Gasteiger partial charge is 0.223 e. The van der Waals surface area contributed by atoms with Crippen LogP contribution in [0.25, 0.3) is 11.3 Å². The highest BCUT2D eigenvalue weighted by molar-refractivity contribution is 5.82. The van der Waals surface area contributed by atoms with Crippen LogP contribution in [-0.2, 0) is 16.8 Å². The molecule has 2 aromatic carbocycles. The van der Waals surface area contributed by atoms with E-state index < -0.39 is 0 Å². The minimum atomic E-state index is -0.333. The summed E-state index contributed by atoms with van der Waals surface area (Å²) in [6.07, 6.45) is 2.28.